The Morgan fingerprint density at radius 2 is 2.17 bits per heavy atom. The van der Waals surface area contributed by atoms with Crippen LogP contribution < -0.4 is 5.73 Å². The van der Waals surface area contributed by atoms with Crippen molar-refractivity contribution in [2.24, 2.45) is 5.73 Å². The molecule has 0 radical (unpaired) electrons. The Kier molecular flexibility index (Phi) is 2.14. The SMILES string of the molecule is Cc1nc(CN)oc1C(C)(F)F. The van der Waals surface area contributed by atoms with Crippen LogP contribution in [-0.2, 0) is 12.5 Å². The van der Waals surface area contributed by atoms with Crippen molar-refractivity contribution in [1.82, 2.24) is 4.98 Å². The number of hydrogen-bond acceptors (Lipinski definition) is 3. The molecule has 1 aromatic heterocycles. The van der Waals surface area contributed by atoms with Gasteiger partial charge in [-0.3, -0.25) is 0 Å². The van der Waals surface area contributed by atoms with Crippen LogP contribution in [0.15, 0.2) is 4.42 Å². The second-order valence-electron chi connectivity index (χ2n) is 2.61. The zero-order valence-corrected chi connectivity index (χ0v) is 6.90. The summed E-state index contributed by atoms with van der Waals surface area (Å²) < 4.78 is 30.1. The van der Waals surface area contributed by atoms with Crippen molar-refractivity contribution in [2.45, 2.75) is 26.3 Å². The quantitative estimate of drug-likeness (QED) is 0.743. The van der Waals surface area contributed by atoms with Gasteiger partial charge >= 0.3 is 5.92 Å². The van der Waals surface area contributed by atoms with Gasteiger partial charge in [-0.05, 0) is 6.92 Å². The van der Waals surface area contributed by atoms with E-state index in [0.717, 1.165) is 6.92 Å². The van der Waals surface area contributed by atoms with Crippen LogP contribution >= 0.6 is 0 Å². The summed E-state index contributed by atoms with van der Waals surface area (Å²) in [6.45, 7) is 2.27. The molecule has 1 heterocycles. The number of hydrogen-bond donors (Lipinski definition) is 1. The number of nitrogens with two attached hydrogens (primary N) is 1. The number of rotatable bonds is 2. The van der Waals surface area contributed by atoms with Crippen molar-refractivity contribution in [3.05, 3.63) is 17.3 Å². The van der Waals surface area contributed by atoms with Gasteiger partial charge < -0.3 is 10.2 Å². The van der Waals surface area contributed by atoms with Crippen LogP contribution in [-0.4, -0.2) is 4.98 Å². The van der Waals surface area contributed by atoms with Crippen LogP contribution in [0.5, 0.6) is 0 Å². The fourth-order valence-electron chi connectivity index (χ4n) is 0.947. The minimum Gasteiger partial charge on any atom is -0.438 e. The van der Waals surface area contributed by atoms with Gasteiger partial charge in [-0.15, -0.1) is 0 Å². The van der Waals surface area contributed by atoms with E-state index in [0.29, 0.717) is 0 Å². The standard InChI is InChI=1S/C7H10F2N2O/c1-4-6(7(2,8)9)12-5(3-10)11-4/h3,10H2,1-2H3. The summed E-state index contributed by atoms with van der Waals surface area (Å²) >= 11 is 0. The maximum absolute atomic E-state index is 12.7. The molecule has 0 saturated carbocycles. The minimum absolute atomic E-state index is 0.0386. The molecular weight excluding hydrogens is 166 g/mol. The van der Waals surface area contributed by atoms with E-state index in [9.17, 15) is 8.78 Å². The third-order valence-corrected chi connectivity index (χ3v) is 1.41. The summed E-state index contributed by atoms with van der Waals surface area (Å²) in [4.78, 5) is 3.72. The highest BCUT2D eigenvalue weighted by molar-refractivity contribution is 5.12. The van der Waals surface area contributed by atoms with Gasteiger partial charge in [0.1, 0.15) is 0 Å². The molecule has 0 aliphatic rings. The molecule has 2 N–H and O–H groups in total. The van der Waals surface area contributed by atoms with E-state index in [-0.39, 0.29) is 18.1 Å². The first-order valence-electron chi connectivity index (χ1n) is 3.50. The molecule has 0 bridgehead atoms. The number of halogens is 2. The molecule has 12 heavy (non-hydrogen) atoms. The van der Waals surface area contributed by atoms with Gasteiger partial charge in [-0.2, -0.15) is 8.78 Å². The monoisotopic (exact) mass is 176 g/mol. The van der Waals surface area contributed by atoms with Crippen LogP contribution in [0.1, 0.15) is 24.3 Å². The van der Waals surface area contributed by atoms with E-state index in [1.807, 2.05) is 0 Å². The van der Waals surface area contributed by atoms with Gasteiger partial charge in [-0.25, -0.2) is 4.98 Å². The predicted molar refractivity (Wildman–Crippen MR) is 38.7 cm³/mol. The van der Waals surface area contributed by atoms with Crippen LogP contribution in [0.25, 0.3) is 0 Å². The average Bonchev–Trinajstić information content (AvgIpc) is 2.29. The molecule has 0 amide bonds. The van der Waals surface area contributed by atoms with Crippen LogP contribution in [0.2, 0.25) is 0 Å². The van der Waals surface area contributed by atoms with E-state index >= 15 is 0 Å². The lowest BCUT2D eigenvalue weighted by molar-refractivity contribution is -0.00697. The number of aryl methyl sites for hydroxylation is 1. The maximum Gasteiger partial charge on any atom is 0.303 e. The number of nitrogens with zero attached hydrogens (tertiary/aromatic N) is 1. The molecule has 0 unspecified atom stereocenters. The summed E-state index contributed by atoms with van der Waals surface area (Å²) in [5.74, 6) is -3.24. The molecule has 1 aromatic rings. The number of alkyl halides is 2. The van der Waals surface area contributed by atoms with Gasteiger partial charge in [0, 0.05) is 6.92 Å². The van der Waals surface area contributed by atoms with E-state index < -0.39 is 11.7 Å². The van der Waals surface area contributed by atoms with Gasteiger partial charge in [0.15, 0.2) is 5.76 Å². The van der Waals surface area contributed by atoms with Crippen LogP contribution in [0.3, 0.4) is 0 Å². The van der Waals surface area contributed by atoms with Crippen molar-refractivity contribution in [1.29, 1.82) is 0 Å². The van der Waals surface area contributed by atoms with Crippen molar-refractivity contribution in [3.63, 3.8) is 0 Å². The second-order valence-corrected chi connectivity index (χ2v) is 2.61. The fourth-order valence-corrected chi connectivity index (χ4v) is 0.947. The molecule has 0 fully saturated rings. The van der Waals surface area contributed by atoms with E-state index in [1.54, 1.807) is 0 Å². The summed E-state index contributed by atoms with van der Waals surface area (Å²) in [6.07, 6.45) is 0. The third kappa shape index (κ3) is 1.61. The van der Waals surface area contributed by atoms with E-state index in [2.05, 4.69) is 4.98 Å². The summed E-state index contributed by atoms with van der Waals surface area (Å²) in [5.41, 5.74) is 5.37. The number of aromatic nitrogens is 1. The van der Waals surface area contributed by atoms with Gasteiger partial charge in [0.2, 0.25) is 5.89 Å². The van der Waals surface area contributed by atoms with Crippen molar-refractivity contribution in [2.75, 3.05) is 0 Å². The Balaban J connectivity index is 3.08. The molecule has 0 spiro atoms. The summed E-state index contributed by atoms with van der Waals surface area (Å²) in [6, 6.07) is 0. The Morgan fingerprint density at radius 1 is 1.58 bits per heavy atom. The highest BCUT2D eigenvalue weighted by atomic mass is 19.3. The molecular formula is C7H10F2N2O. The van der Waals surface area contributed by atoms with Gasteiger partial charge in [0.05, 0.1) is 12.2 Å². The highest BCUT2D eigenvalue weighted by Crippen LogP contribution is 2.29. The Bertz CT molecular complexity index is 277. The smallest absolute Gasteiger partial charge is 0.303 e. The molecule has 1 rings (SSSR count). The zero-order valence-electron chi connectivity index (χ0n) is 6.90. The first kappa shape index (κ1) is 9.12. The van der Waals surface area contributed by atoms with Crippen molar-refractivity contribution >= 4 is 0 Å². The van der Waals surface area contributed by atoms with Crippen molar-refractivity contribution < 1.29 is 13.2 Å². The molecule has 68 valence electrons. The lowest BCUT2D eigenvalue weighted by Gasteiger charge is -2.05. The van der Waals surface area contributed by atoms with E-state index in [1.165, 1.54) is 6.92 Å². The Morgan fingerprint density at radius 3 is 2.42 bits per heavy atom. The maximum atomic E-state index is 12.7. The lowest BCUT2D eigenvalue weighted by Crippen LogP contribution is -2.07. The third-order valence-electron chi connectivity index (χ3n) is 1.41. The largest absolute Gasteiger partial charge is 0.438 e. The lowest BCUT2D eigenvalue weighted by atomic mass is 10.2. The van der Waals surface area contributed by atoms with Crippen molar-refractivity contribution in [3.8, 4) is 0 Å². The Hall–Kier alpha value is -0.970. The number of oxazole rings is 1. The predicted octanol–water partition coefficient (Wildman–Crippen LogP) is 1.55. The van der Waals surface area contributed by atoms with Gasteiger partial charge in [0.25, 0.3) is 0 Å². The summed E-state index contributed by atoms with van der Waals surface area (Å²) in [7, 11) is 0. The molecule has 0 saturated heterocycles. The molecule has 5 heteroatoms. The second kappa shape index (κ2) is 2.82. The molecule has 0 atom stereocenters. The summed E-state index contributed by atoms with van der Waals surface area (Å²) in [5, 5.41) is 0. The molecule has 0 aliphatic heterocycles. The molecule has 0 aromatic carbocycles. The topological polar surface area (TPSA) is 52.0 Å². The zero-order chi connectivity index (χ0) is 9.35. The normalized spacial score (nSPS) is 12.1. The average molecular weight is 176 g/mol. The Labute approximate surface area is 68.6 Å². The van der Waals surface area contributed by atoms with Gasteiger partial charge in [-0.1, -0.05) is 0 Å². The van der Waals surface area contributed by atoms with Crippen LogP contribution in [0.4, 0.5) is 8.78 Å². The first-order chi connectivity index (χ1) is 5.45. The highest BCUT2D eigenvalue weighted by Gasteiger charge is 2.32. The van der Waals surface area contributed by atoms with E-state index in [4.69, 9.17) is 10.2 Å². The molecule has 0 aliphatic carbocycles. The molecule has 3 nitrogen and oxygen atoms in total. The fraction of sp³-hybridized carbons (Fsp3) is 0.571. The van der Waals surface area contributed by atoms with Crippen LogP contribution in [0, 0.1) is 6.92 Å². The first-order valence-corrected chi connectivity index (χ1v) is 3.50. The minimum atomic E-state index is -2.98.